The molecule has 1 aromatic carbocycles. The maximum Gasteiger partial charge on any atom is 0.259 e. The van der Waals surface area contributed by atoms with Crippen molar-refractivity contribution in [1.29, 1.82) is 5.26 Å². The molecule has 2 aromatic heterocycles. The number of H-pyrrole nitrogens is 1. The number of fused-ring (bicyclic) bond motifs is 1. The van der Waals surface area contributed by atoms with Gasteiger partial charge in [-0.25, -0.2) is 14.4 Å². The molecule has 0 spiro atoms. The smallest absolute Gasteiger partial charge is 0.259 e. The van der Waals surface area contributed by atoms with Crippen LogP contribution in [0, 0.1) is 17.1 Å². The van der Waals surface area contributed by atoms with Crippen LogP contribution in [0.4, 0.5) is 4.39 Å². The highest BCUT2D eigenvalue weighted by molar-refractivity contribution is 5.96. The number of halogens is 1. The molecule has 130 valence electrons. The largest absolute Gasteiger partial charge is 0.472 e. The molecule has 3 aromatic rings. The molecule has 3 rings (SSSR count). The van der Waals surface area contributed by atoms with Crippen LogP contribution in [0.15, 0.2) is 48.4 Å². The summed E-state index contributed by atoms with van der Waals surface area (Å²) in [4.78, 5) is 22.4. The Balaban J connectivity index is 1.88. The summed E-state index contributed by atoms with van der Waals surface area (Å²) in [6, 6.07) is 7.84. The minimum atomic E-state index is -0.786. The fourth-order valence-electron chi connectivity index (χ4n) is 2.46. The summed E-state index contributed by atoms with van der Waals surface area (Å²) < 4.78 is 19.0. The molecule has 0 atom stereocenters. The van der Waals surface area contributed by atoms with Crippen LogP contribution < -0.4 is 10.5 Å². The van der Waals surface area contributed by atoms with Gasteiger partial charge in [0, 0.05) is 6.20 Å². The number of nitrogens with zero attached hydrogens (tertiary/aromatic N) is 3. The van der Waals surface area contributed by atoms with E-state index in [9.17, 15) is 9.18 Å². The maximum absolute atomic E-state index is 13.3. The number of hydrogen-bond donors (Lipinski definition) is 2. The van der Waals surface area contributed by atoms with E-state index < -0.39 is 5.91 Å². The summed E-state index contributed by atoms with van der Waals surface area (Å²) in [6.07, 6.45) is 4.76. The highest BCUT2D eigenvalue weighted by Crippen LogP contribution is 2.26. The molecule has 0 unspecified atom stereocenters. The highest BCUT2D eigenvalue weighted by Gasteiger charge is 2.13. The van der Waals surface area contributed by atoms with E-state index in [2.05, 4.69) is 15.0 Å². The van der Waals surface area contributed by atoms with E-state index in [0.29, 0.717) is 22.5 Å². The molecule has 0 saturated heterocycles. The standard InChI is InChI=1S/C18H14FN5O2/c19-14-3-1-2-11(6-14)9-26-18-15-13(5-4-12(7-20)16(21)25)8-22-17(15)23-10-24-18/h1-4,6,8,10H,5,9H2,(H2,21,25)(H,22,23,24). The third-order valence-corrected chi connectivity index (χ3v) is 3.69. The number of primary amides is 1. The first-order valence-electron chi connectivity index (χ1n) is 7.66. The number of nitrogens with one attached hydrogen (secondary N) is 1. The molecule has 26 heavy (non-hydrogen) atoms. The molecule has 0 aliphatic carbocycles. The second kappa shape index (κ2) is 7.44. The molecule has 7 nitrogen and oxygen atoms in total. The van der Waals surface area contributed by atoms with E-state index >= 15 is 0 Å². The summed E-state index contributed by atoms with van der Waals surface area (Å²) in [5.74, 6) is -0.811. The summed E-state index contributed by atoms with van der Waals surface area (Å²) >= 11 is 0. The van der Waals surface area contributed by atoms with Gasteiger partial charge in [-0.05, 0) is 29.7 Å². The molecule has 0 radical (unpaired) electrons. The van der Waals surface area contributed by atoms with Crippen molar-refractivity contribution in [1.82, 2.24) is 15.0 Å². The second-order valence-corrected chi connectivity index (χ2v) is 5.43. The molecule has 2 heterocycles. The summed E-state index contributed by atoms with van der Waals surface area (Å²) in [5.41, 5.74) is 6.96. The third-order valence-electron chi connectivity index (χ3n) is 3.69. The van der Waals surface area contributed by atoms with Gasteiger partial charge in [0.25, 0.3) is 5.91 Å². The predicted molar refractivity (Wildman–Crippen MR) is 91.2 cm³/mol. The predicted octanol–water partition coefficient (Wildman–Crippen LogP) is 2.15. The van der Waals surface area contributed by atoms with Crippen molar-refractivity contribution >= 4 is 16.9 Å². The van der Waals surface area contributed by atoms with Gasteiger partial charge in [0.15, 0.2) is 0 Å². The van der Waals surface area contributed by atoms with E-state index in [4.69, 9.17) is 15.7 Å². The van der Waals surface area contributed by atoms with Gasteiger partial charge in [0.05, 0.1) is 5.39 Å². The minimum Gasteiger partial charge on any atom is -0.472 e. The summed E-state index contributed by atoms with van der Waals surface area (Å²) in [6.45, 7) is 0.134. The van der Waals surface area contributed by atoms with Gasteiger partial charge >= 0.3 is 0 Å². The zero-order valence-corrected chi connectivity index (χ0v) is 13.6. The molecular formula is C18H14FN5O2. The van der Waals surface area contributed by atoms with Crippen molar-refractivity contribution in [3.8, 4) is 11.9 Å². The van der Waals surface area contributed by atoms with E-state index in [0.717, 1.165) is 5.56 Å². The van der Waals surface area contributed by atoms with E-state index in [1.807, 2.05) is 0 Å². The Hall–Kier alpha value is -3.73. The number of aromatic nitrogens is 3. The first-order valence-corrected chi connectivity index (χ1v) is 7.66. The minimum absolute atomic E-state index is 0.126. The highest BCUT2D eigenvalue weighted by atomic mass is 19.1. The maximum atomic E-state index is 13.3. The number of rotatable bonds is 6. The van der Waals surface area contributed by atoms with Crippen molar-refractivity contribution in [2.75, 3.05) is 0 Å². The molecule has 0 saturated carbocycles. The van der Waals surface area contributed by atoms with Gasteiger partial charge in [0.1, 0.15) is 36.0 Å². The van der Waals surface area contributed by atoms with Gasteiger partial charge in [-0.3, -0.25) is 4.79 Å². The fraction of sp³-hybridized carbons (Fsp3) is 0.111. The lowest BCUT2D eigenvalue weighted by Gasteiger charge is -2.07. The normalized spacial score (nSPS) is 11.3. The Labute approximate surface area is 147 Å². The van der Waals surface area contributed by atoms with Crippen molar-refractivity contribution < 1.29 is 13.9 Å². The topological polar surface area (TPSA) is 118 Å². The van der Waals surface area contributed by atoms with Crippen LogP contribution in [-0.4, -0.2) is 20.9 Å². The number of amides is 1. The summed E-state index contributed by atoms with van der Waals surface area (Å²) in [7, 11) is 0. The Morgan fingerprint density at radius 2 is 2.27 bits per heavy atom. The first-order chi connectivity index (χ1) is 12.6. The molecular weight excluding hydrogens is 337 g/mol. The monoisotopic (exact) mass is 351 g/mol. The van der Waals surface area contributed by atoms with Crippen molar-refractivity contribution in [2.45, 2.75) is 13.0 Å². The lowest BCUT2D eigenvalue weighted by Crippen LogP contribution is -2.12. The fourth-order valence-corrected chi connectivity index (χ4v) is 2.46. The lowest BCUT2D eigenvalue weighted by molar-refractivity contribution is -0.114. The van der Waals surface area contributed by atoms with Gasteiger partial charge in [-0.1, -0.05) is 18.2 Å². The average molecular weight is 351 g/mol. The van der Waals surface area contributed by atoms with Crippen LogP contribution in [0.1, 0.15) is 11.1 Å². The number of benzene rings is 1. The lowest BCUT2D eigenvalue weighted by atomic mass is 10.1. The quantitative estimate of drug-likeness (QED) is 0.521. The molecule has 0 aliphatic heterocycles. The van der Waals surface area contributed by atoms with Gasteiger partial charge in [-0.2, -0.15) is 5.26 Å². The van der Waals surface area contributed by atoms with Crippen LogP contribution in [-0.2, 0) is 17.8 Å². The Morgan fingerprint density at radius 3 is 3.00 bits per heavy atom. The van der Waals surface area contributed by atoms with Crippen LogP contribution >= 0.6 is 0 Å². The molecule has 1 amide bonds. The van der Waals surface area contributed by atoms with Crippen LogP contribution in [0.25, 0.3) is 11.0 Å². The zero-order valence-electron chi connectivity index (χ0n) is 13.6. The van der Waals surface area contributed by atoms with Crippen molar-refractivity contribution in [2.24, 2.45) is 5.73 Å². The number of carbonyl (C=O) groups excluding carboxylic acids is 1. The molecule has 0 fully saturated rings. The number of ether oxygens (including phenoxy) is 1. The number of carbonyl (C=O) groups is 1. The molecule has 0 bridgehead atoms. The van der Waals surface area contributed by atoms with E-state index in [-0.39, 0.29) is 24.4 Å². The summed E-state index contributed by atoms with van der Waals surface area (Å²) in [5, 5.41) is 9.55. The van der Waals surface area contributed by atoms with Crippen molar-refractivity contribution in [3.63, 3.8) is 0 Å². The molecule has 0 aliphatic rings. The van der Waals surface area contributed by atoms with Crippen LogP contribution in [0.2, 0.25) is 0 Å². The number of nitrogens with two attached hydrogens (primary N) is 1. The second-order valence-electron chi connectivity index (χ2n) is 5.43. The number of aromatic amines is 1. The van der Waals surface area contributed by atoms with Gasteiger partial charge < -0.3 is 15.5 Å². The van der Waals surface area contributed by atoms with Crippen LogP contribution in [0.3, 0.4) is 0 Å². The van der Waals surface area contributed by atoms with Gasteiger partial charge in [0.2, 0.25) is 5.88 Å². The molecule has 3 N–H and O–H groups in total. The Morgan fingerprint density at radius 1 is 1.42 bits per heavy atom. The SMILES string of the molecule is N#CC(=CCc1c[nH]c2ncnc(OCc3cccc(F)c3)c12)C(N)=O. The number of hydrogen-bond acceptors (Lipinski definition) is 5. The average Bonchev–Trinajstić information content (AvgIpc) is 3.04. The van der Waals surface area contributed by atoms with Gasteiger partial charge in [-0.15, -0.1) is 0 Å². The van der Waals surface area contributed by atoms with E-state index in [1.165, 1.54) is 24.5 Å². The number of allylic oxidation sites excluding steroid dienone is 1. The third kappa shape index (κ3) is 3.67. The Kier molecular flexibility index (Phi) is 4.90. The Bertz CT molecular complexity index is 1040. The van der Waals surface area contributed by atoms with E-state index in [1.54, 1.807) is 24.4 Å². The van der Waals surface area contributed by atoms with Crippen LogP contribution in [0.5, 0.6) is 5.88 Å². The zero-order chi connectivity index (χ0) is 18.5. The van der Waals surface area contributed by atoms with Crippen molar-refractivity contribution in [3.05, 3.63) is 65.4 Å². The molecule has 8 heteroatoms. The number of nitriles is 1. The first kappa shape index (κ1) is 17.1.